The molecule has 1 amide bonds. The Hall–Kier alpha value is -3.77. The van der Waals surface area contributed by atoms with Gasteiger partial charge < -0.3 is 14.7 Å². The van der Waals surface area contributed by atoms with E-state index in [1.807, 2.05) is 41.3 Å². The van der Waals surface area contributed by atoms with Crippen molar-refractivity contribution >= 4 is 17.0 Å². The van der Waals surface area contributed by atoms with Crippen LogP contribution in [-0.2, 0) is 10.3 Å². The summed E-state index contributed by atoms with van der Waals surface area (Å²) in [6.07, 6.45) is 4.37. The Kier molecular flexibility index (Phi) is 5.48. The number of amides is 1. The van der Waals surface area contributed by atoms with Crippen LogP contribution < -0.4 is 0 Å². The van der Waals surface area contributed by atoms with Gasteiger partial charge in [0.2, 0.25) is 0 Å². The smallest absolute Gasteiger partial charge is 0.410 e. The number of ether oxygens (including phenoxy) is 1. The molecule has 0 spiro atoms. The van der Waals surface area contributed by atoms with E-state index in [9.17, 15) is 9.90 Å². The molecule has 192 valence electrons. The number of pyridine rings is 1. The lowest BCUT2D eigenvalue weighted by atomic mass is 9.72. The van der Waals surface area contributed by atoms with Gasteiger partial charge in [-0.1, -0.05) is 54.6 Å². The summed E-state index contributed by atoms with van der Waals surface area (Å²) < 4.78 is 21.2. The molecule has 2 saturated heterocycles. The largest absolute Gasteiger partial charge is 0.448 e. The maximum atomic E-state index is 15.2. The molecule has 1 aliphatic carbocycles. The zero-order chi connectivity index (χ0) is 25.9. The van der Waals surface area contributed by atoms with Crippen LogP contribution in [0.1, 0.15) is 54.7 Å². The van der Waals surface area contributed by atoms with Gasteiger partial charge >= 0.3 is 6.09 Å². The van der Waals surface area contributed by atoms with Crippen molar-refractivity contribution in [2.45, 2.75) is 55.7 Å². The van der Waals surface area contributed by atoms with Crippen LogP contribution >= 0.6 is 0 Å². The summed E-state index contributed by atoms with van der Waals surface area (Å²) in [6, 6.07) is 23.0. The maximum absolute atomic E-state index is 15.2. The van der Waals surface area contributed by atoms with Crippen LogP contribution in [0.4, 0.5) is 9.18 Å². The van der Waals surface area contributed by atoms with Gasteiger partial charge in [0.05, 0.1) is 11.1 Å². The van der Waals surface area contributed by atoms with Crippen molar-refractivity contribution in [1.29, 1.82) is 0 Å². The first-order valence-corrected chi connectivity index (χ1v) is 13.4. The molecule has 4 aromatic rings. The molecule has 2 atom stereocenters. The van der Waals surface area contributed by atoms with Crippen LogP contribution in [0.5, 0.6) is 0 Å². The summed E-state index contributed by atoms with van der Waals surface area (Å²) in [6.45, 7) is 0.263. The number of hydrogen-bond acceptors (Lipinski definition) is 4. The van der Waals surface area contributed by atoms with Gasteiger partial charge in [-0.15, -0.1) is 0 Å². The highest BCUT2D eigenvalue weighted by Gasteiger charge is 2.49. The van der Waals surface area contributed by atoms with E-state index in [1.54, 1.807) is 12.3 Å². The predicted molar refractivity (Wildman–Crippen MR) is 143 cm³/mol. The molecule has 5 nitrogen and oxygen atoms in total. The van der Waals surface area contributed by atoms with Crippen molar-refractivity contribution in [2.24, 2.45) is 0 Å². The van der Waals surface area contributed by atoms with E-state index >= 15 is 4.39 Å². The summed E-state index contributed by atoms with van der Waals surface area (Å²) >= 11 is 0. The second-order valence-electron chi connectivity index (χ2n) is 10.9. The molecule has 38 heavy (non-hydrogen) atoms. The number of halogens is 1. The highest BCUT2D eigenvalue weighted by Crippen LogP contribution is 2.47. The molecule has 2 unspecified atom stereocenters. The molecule has 2 aliphatic heterocycles. The number of aliphatic hydroxyl groups is 1. The molecule has 2 fully saturated rings. The number of carbonyl (C=O) groups excluding carboxylic acids is 1. The number of benzene rings is 3. The fourth-order valence-corrected chi connectivity index (χ4v) is 7.07. The first kappa shape index (κ1) is 23.4. The summed E-state index contributed by atoms with van der Waals surface area (Å²) in [7, 11) is 0. The number of piperidine rings is 2. The van der Waals surface area contributed by atoms with Crippen molar-refractivity contribution < 1.29 is 19.0 Å². The average molecular weight is 509 g/mol. The molecule has 3 aromatic carbocycles. The third kappa shape index (κ3) is 3.70. The summed E-state index contributed by atoms with van der Waals surface area (Å²) in [5.74, 6) is -0.459. The second-order valence-corrected chi connectivity index (χ2v) is 10.9. The molecule has 0 radical (unpaired) electrons. The second kappa shape index (κ2) is 8.91. The lowest BCUT2D eigenvalue weighted by molar-refractivity contribution is -0.0905. The highest BCUT2D eigenvalue weighted by molar-refractivity contribution is 5.80. The van der Waals surface area contributed by atoms with Crippen molar-refractivity contribution in [3.05, 3.63) is 102 Å². The van der Waals surface area contributed by atoms with Gasteiger partial charge in [-0.25, -0.2) is 9.18 Å². The van der Waals surface area contributed by atoms with Gasteiger partial charge in [0.15, 0.2) is 0 Å². The van der Waals surface area contributed by atoms with Crippen molar-refractivity contribution in [3.8, 4) is 11.1 Å². The molecule has 1 aromatic heterocycles. The third-order valence-corrected chi connectivity index (χ3v) is 8.75. The van der Waals surface area contributed by atoms with E-state index in [2.05, 4.69) is 29.2 Å². The number of hydrogen-bond donors (Lipinski definition) is 1. The topological polar surface area (TPSA) is 62.7 Å². The number of carbonyl (C=O) groups is 1. The first-order chi connectivity index (χ1) is 18.5. The molecule has 1 N–H and O–H groups in total. The zero-order valence-electron chi connectivity index (χ0n) is 21.0. The molecule has 0 saturated carbocycles. The van der Waals surface area contributed by atoms with Gasteiger partial charge in [-0.05, 0) is 53.6 Å². The maximum Gasteiger partial charge on any atom is 0.410 e. The van der Waals surface area contributed by atoms with E-state index in [4.69, 9.17) is 4.74 Å². The Labute approximate surface area is 220 Å². The SMILES string of the molecule is O=C(OCC1c2ccccc2-c2ccccc21)N1C2CCCC1CC(O)(c1cc3cccnc3cc1F)C2. The number of fused-ring (bicyclic) bond motifs is 6. The Bertz CT molecular complexity index is 1490. The lowest BCUT2D eigenvalue weighted by Crippen LogP contribution is -2.59. The molecule has 3 heterocycles. The van der Waals surface area contributed by atoms with Crippen LogP contribution in [0.15, 0.2) is 79.0 Å². The number of rotatable bonds is 3. The van der Waals surface area contributed by atoms with E-state index < -0.39 is 11.4 Å². The Morgan fingerprint density at radius 3 is 2.32 bits per heavy atom. The monoisotopic (exact) mass is 508 g/mol. The van der Waals surface area contributed by atoms with Gasteiger partial charge in [-0.2, -0.15) is 0 Å². The van der Waals surface area contributed by atoms with Crippen LogP contribution in [0.2, 0.25) is 0 Å². The minimum absolute atomic E-state index is 0.00628. The van der Waals surface area contributed by atoms with Crippen LogP contribution in [-0.4, -0.2) is 39.8 Å². The van der Waals surface area contributed by atoms with Gasteiger partial charge in [0.1, 0.15) is 12.4 Å². The predicted octanol–water partition coefficient (Wildman–Crippen LogP) is 6.53. The molecular formula is C32H29FN2O3. The summed E-state index contributed by atoms with van der Waals surface area (Å²) in [5, 5.41) is 12.6. The highest BCUT2D eigenvalue weighted by atomic mass is 19.1. The van der Waals surface area contributed by atoms with Crippen LogP contribution in [0.3, 0.4) is 0 Å². The van der Waals surface area contributed by atoms with Gasteiger partial charge in [-0.3, -0.25) is 4.98 Å². The van der Waals surface area contributed by atoms with Gasteiger partial charge in [0, 0.05) is 54.1 Å². The minimum Gasteiger partial charge on any atom is -0.448 e. The average Bonchev–Trinajstić information content (AvgIpc) is 3.24. The Morgan fingerprint density at radius 1 is 0.974 bits per heavy atom. The van der Waals surface area contributed by atoms with Crippen LogP contribution in [0.25, 0.3) is 22.0 Å². The first-order valence-electron chi connectivity index (χ1n) is 13.4. The molecule has 6 heteroatoms. The number of nitrogens with zero attached hydrogens (tertiary/aromatic N) is 2. The summed E-state index contributed by atoms with van der Waals surface area (Å²) in [5.41, 5.74) is 4.25. The standard InChI is InChI=1S/C32H29FN2O3/c33-29-16-30-20(7-6-14-34-30)15-28(29)32(37)17-21-8-5-9-22(18-32)35(21)31(36)38-19-27-25-12-3-1-10-23(25)24-11-2-4-13-26(24)27/h1-4,6-7,10-16,21-22,27,37H,5,8-9,17-19H2. The van der Waals surface area contributed by atoms with Crippen molar-refractivity contribution in [1.82, 2.24) is 9.88 Å². The van der Waals surface area contributed by atoms with Crippen molar-refractivity contribution in [3.63, 3.8) is 0 Å². The molecule has 2 bridgehead atoms. The third-order valence-electron chi connectivity index (χ3n) is 8.75. The summed E-state index contributed by atoms with van der Waals surface area (Å²) in [4.78, 5) is 19.6. The molecule has 3 aliphatic rings. The van der Waals surface area contributed by atoms with E-state index in [0.29, 0.717) is 11.1 Å². The zero-order valence-corrected chi connectivity index (χ0v) is 21.0. The molecular weight excluding hydrogens is 479 g/mol. The van der Waals surface area contributed by atoms with E-state index in [1.165, 1.54) is 28.3 Å². The Morgan fingerprint density at radius 2 is 1.63 bits per heavy atom. The van der Waals surface area contributed by atoms with Gasteiger partial charge in [0.25, 0.3) is 0 Å². The van der Waals surface area contributed by atoms with Crippen LogP contribution in [0, 0.1) is 5.82 Å². The Balaban J connectivity index is 1.12. The fraction of sp³-hybridized carbons (Fsp3) is 0.312. The minimum atomic E-state index is -1.34. The lowest BCUT2D eigenvalue weighted by Gasteiger charge is -2.51. The number of aromatic nitrogens is 1. The fourth-order valence-electron chi connectivity index (χ4n) is 7.07. The van der Waals surface area contributed by atoms with Crippen molar-refractivity contribution in [2.75, 3.05) is 6.61 Å². The normalized spacial score (nSPS) is 24.2. The molecule has 7 rings (SSSR count). The van der Waals surface area contributed by atoms with E-state index in [-0.39, 0.29) is 43.5 Å². The van der Waals surface area contributed by atoms with E-state index in [0.717, 1.165) is 24.6 Å². The quantitative estimate of drug-likeness (QED) is 0.342.